The maximum absolute atomic E-state index is 9.52. The smallest absolute Gasteiger partial charge is 0.119 e. The number of methoxy groups -OCH3 is 1. The molecule has 20 heavy (non-hydrogen) atoms. The number of aromatic nitrogens is 1. The highest BCUT2D eigenvalue weighted by Crippen LogP contribution is 2.34. The Kier molecular flexibility index (Phi) is 3.48. The van der Waals surface area contributed by atoms with Gasteiger partial charge in [0.2, 0.25) is 0 Å². The molecule has 3 rings (SSSR count). The number of fused-ring (bicyclic) bond motifs is 1. The van der Waals surface area contributed by atoms with Crippen molar-refractivity contribution in [2.75, 3.05) is 7.11 Å². The summed E-state index contributed by atoms with van der Waals surface area (Å²) in [6.07, 6.45) is 1.78. The zero-order valence-corrected chi connectivity index (χ0v) is 11.7. The van der Waals surface area contributed by atoms with E-state index in [1.807, 2.05) is 36.4 Å². The van der Waals surface area contributed by atoms with Gasteiger partial charge in [-0.05, 0) is 47.9 Å². The lowest BCUT2D eigenvalue weighted by Gasteiger charge is -2.07. The van der Waals surface area contributed by atoms with E-state index in [1.54, 1.807) is 25.4 Å². The average Bonchev–Trinajstić information content (AvgIpc) is 2.47. The van der Waals surface area contributed by atoms with Gasteiger partial charge >= 0.3 is 0 Å². The monoisotopic (exact) mass is 283 g/mol. The molecule has 0 unspecified atom stereocenters. The second-order valence-corrected chi connectivity index (χ2v) is 5.36. The first-order valence-electron chi connectivity index (χ1n) is 6.16. The molecule has 1 N–H and O–H groups in total. The minimum absolute atomic E-state index is 0.261. The van der Waals surface area contributed by atoms with Crippen LogP contribution in [-0.4, -0.2) is 17.2 Å². The van der Waals surface area contributed by atoms with Crippen molar-refractivity contribution in [3.8, 4) is 11.5 Å². The minimum Gasteiger partial charge on any atom is -0.508 e. The Morgan fingerprint density at radius 2 is 2.00 bits per heavy atom. The molecule has 1 heterocycles. The van der Waals surface area contributed by atoms with Gasteiger partial charge in [0, 0.05) is 16.5 Å². The number of benzene rings is 2. The van der Waals surface area contributed by atoms with Gasteiger partial charge in [-0.25, -0.2) is 4.98 Å². The van der Waals surface area contributed by atoms with Crippen LogP contribution in [0.3, 0.4) is 0 Å². The third kappa shape index (κ3) is 2.56. The molecule has 4 heteroatoms. The predicted octanol–water partition coefficient (Wildman–Crippen LogP) is 4.10. The molecule has 0 radical (unpaired) electrons. The predicted molar refractivity (Wildman–Crippen MR) is 80.5 cm³/mol. The van der Waals surface area contributed by atoms with E-state index in [9.17, 15) is 5.11 Å². The first kappa shape index (κ1) is 12.8. The number of rotatable bonds is 3. The van der Waals surface area contributed by atoms with Gasteiger partial charge in [0.25, 0.3) is 0 Å². The van der Waals surface area contributed by atoms with Crippen LogP contribution >= 0.6 is 11.8 Å². The van der Waals surface area contributed by atoms with Crippen LogP contribution in [0.15, 0.2) is 64.6 Å². The molecule has 0 aliphatic rings. The molecule has 0 aliphatic carbocycles. The zero-order valence-electron chi connectivity index (χ0n) is 10.9. The number of aromatic hydroxyl groups is 1. The molecular weight excluding hydrogens is 270 g/mol. The molecule has 2 aromatic carbocycles. The van der Waals surface area contributed by atoms with Gasteiger partial charge in [-0.15, -0.1) is 0 Å². The lowest BCUT2D eigenvalue weighted by atomic mass is 10.2. The van der Waals surface area contributed by atoms with E-state index >= 15 is 0 Å². The maximum Gasteiger partial charge on any atom is 0.119 e. The van der Waals surface area contributed by atoms with Crippen molar-refractivity contribution in [1.82, 2.24) is 4.98 Å². The van der Waals surface area contributed by atoms with Crippen LogP contribution in [0.25, 0.3) is 10.8 Å². The van der Waals surface area contributed by atoms with E-state index in [4.69, 9.17) is 4.74 Å². The summed E-state index contributed by atoms with van der Waals surface area (Å²) >= 11 is 1.53. The van der Waals surface area contributed by atoms with E-state index < -0.39 is 0 Å². The number of nitrogens with zero attached hydrogens (tertiary/aromatic N) is 1. The summed E-state index contributed by atoms with van der Waals surface area (Å²) in [6.45, 7) is 0. The Morgan fingerprint density at radius 3 is 2.80 bits per heavy atom. The lowest BCUT2D eigenvalue weighted by molar-refractivity contribution is 0.415. The van der Waals surface area contributed by atoms with Gasteiger partial charge in [0.05, 0.1) is 7.11 Å². The number of pyridine rings is 1. The Morgan fingerprint density at radius 1 is 1.10 bits per heavy atom. The number of phenolic OH excluding ortho intramolecular Hbond substituents is 1. The van der Waals surface area contributed by atoms with E-state index in [1.165, 1.54) is 11.8 Å². The average molecular weight is 283 g/mol. The first-order chi connectivity index (χ1) is 9.76. The molecule has 0 atom stereocenters. The van der Waals surface area contributed by atoms with Crippen LogP contribution in [0.5, 0.6) is 11.5 Å². The van der Waals surface area contributed by atoms with Crippen LogP contribution in [0.2, 0.25) is 0 Å². The summed E-state index contributed by atoms with van der Waals surface area (Å²) in [5, 5.41) is 12.6. The molecule has 100 valence electrons. The minimum atomic E-state index is 0.261. The lowest BCUT2D eigenvalue weighted by Crippen LogP contribution is -1.86. The fourth-order valence-electron chi connectivity index (χ4n) is 2.00. The second kappa shape index (κ2) is 5.43. The fraction of sp³-hybridized carbons (Fsp3) is 0.0625. The number of hydrogen-bond acceptors (Lipinski definition) is 4. The maximum atomic E-state index is 9.52. The molecule has 1 aromatic heterocycles. The van der Waals surface area contributed by atoms with Crippen LogP contribution in [0, 0.1) is 0 Å². The number of ether oxygens (including phenoxy) is 1. The Hall–Kier alpha value is -2.20. The molecule has 0 spiro atoms. The van der Waals surface area contributed by atoms with E-state index in [-0.39, 0.29) is 5.75 Å². The molecule has 0 bridgehead atoms. The largest absolute Gasteiger partial charge is 0.508 e. The van der Waals surface area contributed by atoms with Crippen molar-refractivity contribution in [3.63, 3.8) is 0 Å². The van der Waals surface area contributed by atoms with Crippen LogP contribution in [0.4, 0.5) is 0 Å². The third-order valence-corrected chi connectivity index (χ3v) is 3.98. The highest BCUT2D eigenvalue weighted by molar-refractivity contribution is 7.99. The van der Waals surface area contributed by atoms with Gasteiger partial charge in [0.1, 0.15) is 16.5 Å². The van der Waals surface area contributed by atoms with Crippen molar-refractivity contribution < 1.29 is 9.84 Å². The molecule has 0 aliphatic heterocycles. The summed E-state index contributed by atoms with van der Waals surface area (Å²) in [4.78, 5) is 5.39. The van der Waals surface area contributed by atoms with Crippen molar-refractivity contribution in [2.45, 2.75) is 9.92 Å². The highest BCUT2D eigenvalue weighted by atomic mass is 32.2. The molecule has 0 fully saturated rings. The molecule has 0 saturated carbocycles. The van der Waals surface area contributed by atoms with Gasteiger partial charge in [-0.1, -0.05) is 17.8 Å². The van der Waals surface area contributed by atoms with E-state index in [0.29, 0.717) is 0 Å². The van der Waals surface area contributed by atoms with Crippen molar-refractivity contribution >= 4 is 22.5 Å². The molecule has 3 aromatic rings. The van der Waals surface area contributed by atoms with Gasteiger partial charge < -0.3 is 9.84 Å². The molecular formula is C16H13NO2S. The quantitative estimate of drug-likeness (QED) is 0.786. The summed E-state index contributed by atoms with van der Waals surface area (Å²) < 4.78 is 5.24. The van der Waals surface area contributed by atoms with Gasteiger partial charge in [-0.3, -0.25) is 0 Å². The van der Waals surface area contributed by atoms with Crippen LogP contribution in [-0.2, 0) is 0 Å². The summed E-state index contributed by atoms with van der Waals surface area (Å²) in [5.41, 5.74) is 0. The first-order valence-corrected chi connectivity index (χ1v) is 6.97. The highest BCUT2D eigenvalue weighted by Gasteiger charge is 2.06. The van der Waals surface area contributed by atoms with E-state index in [0.717, 1.165) is 26.4 Å². The molecule has 0 amide bonds. The van der Waals surface area contributed by atoms with Crippen LogP contribution < -0.4 is 4.74 Å². The Balaban J connectivity index is 2.03. The second-order valence-electron chi connectivity index (χ2n) is 4.30. The standard InChI is InChI=1S/C16H13NO2S/c1-19-13-5-6-15-11(9-13)7-8-17-16(15)20-14-4-2-3-12(18)10-14/h2-10,18H,1H3. The van der Waals surface area contributed by atoms with Gasteiger partial charge in [0.15, 0.2) is 0 Å². The van der Waals surface area contributed by atoms with E-state index in [2.05, 4.69) is 4.98 Å². The summed E-state index contributed by atoms with van der Waals surface area (Å²) in [7, 11) is 1.66. The SMILES string of the molecule is COc1ccc2c(Sc3cccc(O)c3)nccc2c1. The Labute approximate surface area is 121 Å². The van der Waals surface area contributed by atoms with Crippen molar-refractivity contribution in [1.29, 1.82) is 0 Å². The topological polar surface area (TPSA) is 42.4 Å². The van der Waals surface area contributed by atoms with Crippen molar-refractivity contribution in [2.24, 2.45) is 0 Å². The molecule has 0 saturated heterocycles. The summed E-state index contributed by atoms with van der Waals surface area (Å²) in [6, 6.07) is 15.1. The normalized spacial score (nSPS) is 10.7. The fourth-order valence-corrected chi connectivity index (χ4v) is 2.95. The number of phenols is 1. The third-order valence-electron chi connectivity index (χ3n) is 2.97. The number of hydrogen-bond donors (Lipinski definition) is 1. The zero-order chi connectivity index (χ0) is 13.9. The molecule has 3 nitrogen and oxygen atoms in total. The summed E-state index contributed by atoms with van der Waals surface area (Å²) in [5.74, 6) is 1.09. The van der Waals surface area contributed by atoms with Crippen molar-refractivity contribution in [3.05, 3.63) is 54.7 Å². The van der Waals surface area contributed by atoms with Gasteiger partial charge in [-0.2, -0.15) is 0 Å². The van der Waals surface area contributed by atoms with Crippen LogP contribution in [0.1, 0.15) is 0 Å². The Bertz CT molecular complexity index is 758.